The van der Waals surface area contributed by atoms with E-state index in [2.05, 4.69) is 9.72 Å². The van der Waals surface area contributed by atoms with Crippen molar-refractivity contribution in [2.24, 2.45) is 0 Å². The van der Waals surface area contributed by atoms with Gasteiger partial charge < -0.3 is 4.74 Å². The molecule has 0 bridgehead atoms. The third kappa shape index (κ3) is 3.29. The highest BCUT2D eigenvalue weighted by atomic mass is 35.5. The number of alkyl halides is 3. The molecule has 1 aromatic heterocycles. The molecular weight excluding hydrogens is 233 g/mol. The molecule has 1 unspecified atom stereocenters. The van der Waals surface area contributed by atoms with Gasteiger partial charge in [-0.2, -0.15) is 9.65 Å². The van der Waals surface area contributed by atoms with Crippen molar-refractivity contribution in [1.82, 2.24) is 4.98 Å². The van der Waals surface area contributed by atoms with E-state index >= 15 is 0 Å². The van der Waals surface area contributed by atoms with E-state index < -0.39 is 18.7 Å². The summed E-state index contributed by atoms with van der Waals surface area (Å²) in [4.78, 5) is 3.42. The number of hydrogen-bond donors (Lipinski definition) is 0. The summed E-state index contributed by atoms with van der Waals surface area (Å²) in [6, 6.07) is 3.91. The molecule has 80 valence electrons. The lowest BCUT2D eigenvalue weighted by Crippen LogP contribution is -2.20. The lowest BCUT2D eigenvalue weighted by molar-refractivity contribution is -0.0690. The second-order valence-electron chi connectivity index (χ2n) is 2.43. The van der Waals surface area contributed by atoms with E-state index in [0.717, 1.165) is 6.07 Å². The smallest absolute Gasteiger partial charge is 0.304 e. The molecule has 0 fully saturated rings. The molecule has 0 aliphatic heterocycles. The van der Waals surface area contributed by atoms with E-state index in [9.17, 15) is 13.2 Å². The summed E-state index contributed by atoms with van der Waals surface area (Å²) >= 11 is 5.44. The van der Waals surface area contributed by atoms with Crippen molar-refractivity contribution >= 4 is 11.6 Å². The minimum atomic E-state index is -3.28. The van der Waals surface area contributed by atoms with Gasteiger partial charge in [0.25, 0.3) is 6.36 Å². The zero-order chi connectivity index (χ0) is 11.4. The van der Waals surface area contributed by atoms with Crippen molar-refractivity contribution in [3.8, 4) is 11.9 Å². The van der Waals surface area contributed by atoms with Gasteiger partial charge in [-0.25, -0.2) is 13.8 Å². The number of hydrogen-bond acceptors (Lipinski definition) is 3. The Bertz CT molecular complexity index is 394. The molecule has 0 aliphatic rings. The molecule has 1 heterocycles. The van der Waals surface area contributed by atoms with Crippen molar-refractivity contribution in [1.29, 1.82) is 5.26 Å². The number of ether oxygens (including phenoxy) is 1. The van der Waals surface area contributed by atoms with Crippen LogP contribution in [0.5, 0.6) is 5.88 Å². The summed E-state index contributed by atoms with van der Waals surface area (Å²) in [5.74, 6) is -0.452. The Hall–Kier alpha value is -1.48. The Balaban J connectivity index is 2.87. The molecule has 0 aromatic carbocycles. The molecule has 0 spiro atoms. The number of nitrogens with zero attached hydrogens (tertiary/aromatic N) is 2. The molecule has 0 amide bonds. The van der Waals surface area contributed by atoms with E-state index in [0.29, 0.717) is 0 Å². The van der Waals surface area contributed by atoms with Gasteiger partial charge in [-0.15, -0.1) is 0 Å². The number of pyridine rings is 1. The average Bonchev–Trinajstić information content (AvgIpc) is 2.16. The normalized spacial score (nSPS) is 12.3. The molecule has 0 saturated carbocycles. The summed E-state index contributed by atoms with van der Waals surface area (Å²) in [5.41, 5.74) is 0.0477. The summed E-state index contributed by atoms with van der Waals surface area (Å²) in [7, 11) is 0. The van der Waals surface area contributed by atoms with Crippen LogP contribution in [0.2, 0.25) is 5.15 Å². The average molecular weight is 237 g/mol. The zero-order valence-corrected chi connectivity index (χ0v) is 7.88. The maximum Gasteiger partial charge on any atom is 0.304 e. The number of nitriles is 1. The third-order valence-corrected chi connectivity index (χ3v) is 1.52. The van der Waals surface area contributed by atoms with Crippen LogP contribution < -0.4 is 4.74 Å². The molecule has 1 atom stereocenters. The first kappa shape index (κ1) is 11.6. The van der Waals surface area contributed by atoms with E-state index in [-0.39, 0.29) is 10.7 Å². The van der Waals surface area contributed by atoms with Crippen LogP contribution in [0, 0.1) is 11.3 Å². The SMILES string of the molecule is N#Cc1cc(Cl)nc(OC(F)C(F)F)c1. The highest BCUT2D eigenvalue weighted by Gasteiger charge is 2.21. The highest BCUT2D eigenvalue weighted by molar-refractivity contribution is 6.29. The Morgan fingerprint density at radius 3 is 2.60 bits per heavy atom. The molecule has 0 N–H and O–H groups in total. The maximum absolute atomic E-state index is 12.4. The quantitative estimate of drug-likeness (QED) is 0.758. The van der Waals surface area contributed by atoms with Crippen LogP contribution in [0.3, 0.4) is 0 Å². The number of aromatic nitrogens is 1. The van der Waals surface area contributed by atoms with Gasteiger partial charge >= 0.3 is 6.43 Å². The van der Waals surface area contributed by atoms with Crippen molar-refractivity contribution in [3.63, 3.8) is 0 Å². The molecule has 0 aliphatic carbocycles. The van der Waals surface area contributed by atoms with E-state index in [1.165, 1.54) is 6.07 Å². The number of rotatable bonds is 3. The van der Waals surface area contributed by atoms with Crippen LogP contribution in [0.4, 0.5) is 13.2 Å². The second-order valence-corrected chi connectivity index (χ2v) is 2.82. The molecule has 1 aromatic rings. The molecule has 0 radical (unpaired) electrons. The van der Waals surface area contributed by atoms with Gasteiger partial charge in [0.2, 0.25) is 5.88 Å². The van der Waals surface area contributed by atoms with E-state index in [1.54, 1.807) is 6.07 Å². The minimum absolute atomic E-state index is 0.0477. The van der Waals surface area contributed by atoms with Crippen LogP contribution >= 0.6 is 11.6 Å². The Kier molecular flexibility index (Phi) is 3.74. The topological polar surface area (TPSA) is 45.9 Å². The summed E-state index contributed by atoms with van der Waals surface area (Å²) < 4.78 is 40.1. The Morgan fingerprint density at radius 2 is 2.07 bits per heavy atom. The Morgan fingerprint density at radius 1 is 1.40 bits per heavy atom. The molecular formula is C8H4ClF3N2O. The van der Waals surface area contributed by atoms with Gasteiger partial charge in [0.15, 0.2) is 0 Å². The largest absolute Gasteiger partial charge is 0.437 e. The maximum atomic E-state index is 12.4. The van der Waals surface area contributed by atoms with Gasteiger partial charge in [-0.3, -0.25) is 0 Å². The van der Waals surface area contributed by atoms with Gasteiger partial charge in [0.1, 0.15) is 5.15 Å². The fourth-order valence-electron chi connectivity index (χ4n) is 0.765. The molecule has 0 saturated heterocycles. The standard InChI is InChI=1S/C8H4ClF3N2O/c9-5-1-4(3-13)2-6(14-5)15-8(12)7(10)11/h1-2,7-8H. The van der Waals surface area contributed by atoms with Crippen molar-refractivity contribution in [2.75, 3.05) is 0 Å². The zero-order valence-electron chi connectivity index (χ0n) is 7.12. The van der Waals surface area contributed by atoms with E-state index in [4.69, 9.17) is 16.9 Å². The predicted molar refractivity (Wildman–Crippen MR) is 45.5 cm³/mol. The van der Waals surface area contributed by atoms with Crippen molar-refractivity contribution < 1.29 is 17.9 Å². The van der Waals surface area contributed by atoms with Crippen molar-refractivity contribution in [3.05, 3.63) is 22.8 Å². The summed E-state index contributed by atoms with van der Waals surface area (Å²) in [6.07, 6.45) is -6.07. The fourth-order valence-corrected chi connectivity index (χ4v) is 0.965. The van der Waals surface area contributed by atoms with E-state index in [1.807, 2.05) is 0 Å². The lowest BCUT2D eigenvalue weighted by atomic mass is 10.3. The monoisotopic (exact) mass is 236 g/mol. The van der Waals surface area contributed by atoms with Crippen LogP contribution in [-0.2, 0) is 0 Å². The molecule has 7 heteroatoms. The lowest BCUT2D eigenvalue weighted by Gasteiger charge is -2.09. The van der Waals surface area contributed by atoms with Crippen LogP contribution in [0.25, 0.3) is 0 Å². The molecule has 15 heavy (non-hydrogen) atoms. The minimum Gasteiger partial charge on any atom is -0.437 e. The van der Waals surface area contributed by atoms with Gasteiger partial charge in [-0.1, -0.05) is 11.6 Å². The Labute approximate surface area is 88.1 Å². The summed E-state index contributed by atoms with van der Waals surface area (Å²) in [5, 5.41) is 8.36. The predicted octanol–water partition coefficient (Wildman–Crippen LogP) is 2.55. The molecule has 1 rings (SSSR count). The first-order valence-corrected chi connectivity index (χ1v) is 4.07. The van der Waals surface area contributed by atoms with Gasteiger partial charge in [0.05, 0.1) is 11.6 Å². The fraction of sp³-hybridized carbons (Fsp3) is 0.250. The second kappa shape index (κ2) is 4.84. The third-order valence-electron chi connectivity index (χ3n) is 1.33. The highest BCUT2D eigenvalue weighted by Crippen LogP contribution is 2.18. The van der Waals surface area contributed by atoms with Gasteiger partial charge in [-0.05, 0) is 6.07 Å². The first-order valence-electron chi connectivity index (χ1n) is 3.69. The summed E-state index contributed by atoms with van der Waals surface area (Å²) in [6.45, 7) is 0. The van der Waals surface area contributed by atoms with Gasteiger partial charge in [0, 0.05) is 6.07 Å². The number of halogens is 4. The molecule has 3 nitrogen and oxygen atoms in total. The van der Waals surface area contributed by atoms with Crippen molar-refractivity contribution in [2.45, 2.75) is 12.8 Å². The first-order chi connectivity index (χ1) is 7.02. The van der Waals surface area contributed by atoms with Crippen LogP contribution in [0.1, 0.15) is 5.56 Å². The van der Waals surface area contributed by atoms with Crippen LogP contribution in [0.15, 0.2) is 12.1 Å². The van der Waals surface area contributed by atoms with Crippen LogP contribution in [-0.4, -0.2) is 17.8 Å².